The van der Waals surface area contributed by atoms with Crippen molar-refractivity contribution in [1.82, 2.24) is 4.90 Å². The Morgan fingerprint density at radius 2 is 1.81 bits per heavy atom. The number of rotatable bonds is 2. The number of carbonyl (C=O) groups excluding carboxylic acids is 1. The molecule has 3 N–H and O–H groups in total. The lowest BCUT2D eigenvalue weighted by Crippen LogP contribution is -2.52. The Morgan fingerprint density at radius 3 is 2.41 bits per heavy atom. The third-order valence-electron chi connectivity index (χ3n) is 5.35. The van der Waals surface area contributed by atoms with Crippen molar-refractivity contribution in [3.05, 3.63) is 29.8 Å². The van der Waals surface area contributed by atoms with Crippen LogP contribution in [0.2, 0.25) is 0 Å². The molecule has 152 valence electrons. The minimum absolute atomic E-state index is 0. The topological polar surface area (TPSA) is 69.8 Å². The Morgan fingerprint density at radius 1 is 1.15 bits per heavy atom. The van der Waals surface area contributed by atoms with Gasteiger partial charge in [0.1, 0.15) is 0 Å². The Bertz CT molecular complexity index is 651. The van der Waals surface area contributed by atoms with Gasteiger partial charge in [0, 0.05) is 43.8 Å². The van der Waals surface area contributed by atoms with Crippen LogP contribution >= 0.6 is 12.4 Å². The van der Waals surface area contributed by atoms with E-state index in [4.69, 9.17) is 5.73 Å². The molecule has 0 unspecified atom stereocenters. The fourth-order valence-corrected chi connectivity index (χ4v) is 3.72. The molecule has 1 aromatic carbocycles. The molecule has 1 saturated carbocycles. The monoisotopic (exact) mass is 407 g/mol. The molecular weight excluding hydrogens is 383 g/mol. The normalized spacial score (nSPS) is 26.5. The van der Waals surface area contributed by atoms with Gasteiger partial charge >= 0.3 is 6.18 Å². The van der Waals surface area contributed by atoms with Gasteiger partial charge in [-0.2, -0.15) is 13.2 Å². The third-order valence-corrected chi connectivity index (χ3v) is 5.35. The van der Waals surface area contributed by atoms with Crippen LogP contribution in [0.1, 0.15) is 24.8 Å². The van der Waals surface area contributed by atoms with Gasteiger partial charge in [-0.3, -0.25) is 4.79 Å². The molecule has 1 saturated heterocycles. The van der Waals surface area contributed by atoms with E-state index < -0.39 is 17.8 Å². The number of anilines is 1. The highest BCUT2D eigenvalue weighted by Crippen LogP contribution is 2.32. The van der Waals surface area contributed by atoms with E-state index >= 15 is 0 Å². The Labute approximate surface area is 162 Å². The second-order valence-electron chi connectivity index (χ2n) is 7.10. The maximum absolute atomic E-state index is 12.9. The molecule has 0 bridgehead atoms. The Kier molecular flexibility index (Phi) is 6.99. The maximum Gasteiger partial charge on any atom is 0.416 e. The lowest BCUT2D eigenvalue weighted by Gasteiger charge is -2.39. The van der Waals surface area contributed by atoms with Crippen molar-refractivity contribution in [3.63, 3.8) is 0 Å². The van der Waals surface area contributed by atoms with Crippen LogP contribution in [0.25, 0.3) is 0 Å². The van der Waals surface area contributed by atoms with Gasteiger partial charge in [0.25, 0.3) is 0 Å². The van der Waals surface area contributed by atoms with Crippen molar-refractivity contribution >= 4 is 24.0 Å². The zero-order valence-corrected chi connectivity index (χ0v) is 15.7. The number of piperazine rings is 1. The van der Waals surface area contributed by atoms with E-state index in [0.717, 1.165) is 12.1 Å². The first-order chi connectivity index (χ1) is 12.3. The van der Waals surface area contributed by atoms with Gasteiger partial charge in [-0.15, -0.1) is 12.4 Å². The van der Waals surface area contributed by atoms with Gasteiger partial charge in [-0.1, -0.05) is 6.07 Å². The molecule has 2 aliphatic rings. The van der Waals surface area contributed by atoms with Gasteiger partial charge in [0.2, 0.25) is 5.91 Å². The van der Waals surface area contributed by atoms with Crippen molar-refractivity contribution in [2.24, 2.45) is 11.7 Å². The van der Waals surface area contributed by atoms with E-state index in [9.17, 15) is 23.1 Å². The molecule has 1 heterocycles. The summed E-state index contributed by atoms with van der Waals surface area (Å²) in [6.07, 6.45) is -3.33. The first-order valence-electron chi connectivity index (χ1n) is 8.90. The molecule has 0 radical (unpaired) electrons. The molecule has 9 heteroatoms. The number of benzene rings is 1. The van der Waals surface area contributed by atoms with Crippen LogP contribution < -0.4 is 10.6 Å². The summed E-state index contributed by atoms with van der Waals surface area (Å²) in [4.78, 5) is 16.3. The zero-order valence-electron chi connectivity index (χ0n) is 14.9. The van der Waals surface area contributed by atoms with Crippen molar-refractivity contribution < 1.29 is 23.1 Å². The van der Waals surface area contributed by atoms with E-state index in [-0.39, 0.29) is 30.3 Å². The number of hydrogen-bond donors (Lipinski definition) is 2. The molecule has 1 aromatic rings. The van der Waals surface area contributed by atoms with Gasteiger partial charge in [-0.05, 0) is 37.5 Å². The second-order valence-corrected chi connectivity index (χ2v) is 7.10. The summed E-state index contributed by atoms with van der Waals surface area (Å²) >= 11 is 0. The van der Waals surface area contributed by atoms with E-state index in [1.54, 1.807) is 11.0 Å². The van der Waals surface area contributed by atoms with Crippen LogP contribution in [0, 0.1) is 5.92 Å². The smallest absolute Gasteiger partial charge is 0.391 e. The standard InChI is InChI=1S/C18H24F3N3O2.ClH/c19-18(20,21)13-2-1-3-14(11-13)23-6-8-24(9-7-23)17(26)12-4-5-15(22)16(25)10-12;/h1-3,11-12,15-16,25H,4-10,22H2;1H/t12-,15-,16-;/m0./s1. The van der Waals surface area contributed by atoms with Crippen LogP contribution in [0.4, 0.5) is 18.9 Å². The Hall–Kier alpha value is -1.51. The highest BCUT2D eigenvalue weighted by atomic mass is 35.5. The lowest BCUT2D eigenvalue weighted by atomic mass is 9.83. The lowest BCUT2D eigenvalue weighted by molar-refractivity contribution is -0.138. The number of carbonyl (C=O) groups is 1. The predicted molar refractivity (Wildman–Crippen MR) is 98.8 cm³/mol. The van der Waals surface area contributed by atoms with E-state index in [1.165, 1.54) is 6.07 Å². The van der Waals surface area contributed by atoms with Gasteiger partial charge in [-0.25, -0.2) is 0 Å². The van der Waals surface area contributed by atoms with Crippen LogP contribution in [0.15, 0.2) is 24.3 Å². The minimum atomic E-state index is -4.36. The summed E-state index contributed by atoms with van der Waals surface area (Å²) in [5, 5.41) is 9.88. The molecule has 27 heavy (non-hydrogen) atoms. The summed E-state index contributed by atoms with van der Waals surface area (Å²) in [7, 11) is 0. The predicted octanol–water partition coefficient (Wildman–Crippen LogP) is 2.26. The fraction of sp³-hybridized carbons (Fsp3) is 0.611. The summed E-state index contributed by atoms with van der Waals surface area (Å²) in [6, 6.07) is 5.00. The summed E-state index contributed by atoms with van der Waals surface area (Å²) in [6.45, 7) is 1.91. The SMILES string of the molecule is Cl.N[C@H]1CC[C@H](C(=O)N2CCN(c3cccc(C(F)(F)F)c3)CC2)C[C@@H]1O. The van der Waals surface area contributed by atoms with Gasteiger partial charge in [0.15, 0.2) is 0 Å². The minimum Gasteiger partial charge on any atom is -0.391 e. The molecule has 0 aromatic heterocycles. The van der Waals surface area contributed by atoms with Crippen molar-refractivity contribution in [1.29, 1.82) is 0 Å². The van der Waals surface area contributed by atoms with Crippen molar-refractivity contribution in [3.8, 4) is 0 Å². The van der Waals surface area contributed by atoms with Crippen LogP contribution in [0.3, 0.4) is 0 Å². The highest BCUT2D eigenvalue weighted by Gasteiger charge is 2.35. The number of halogens is 4. The number of nitrogens with zero attached hydrogens (tertiary/aromatic N) is 2. The molecular formula is C18H25ClF3N3O2. The molecule has 1 aliphatic carbocycles. The van der Waals surface area contributed by atoms with Crippen molar-refractivity contribution in [2.45, 2.75) is 37.6 Å². The van der Waals surface area contributed by atoms with Crippen LogP contribution in [0.5, 0.6) is 0 Å². The number of alkyl halides is 3. The van der Waals surface area contributed by atoms with Crippen molar-refractivity contribution in [2.75, 3.05) is 31.1 Å². The first kappa shape index (κ1) is 21.8. The number of aliphatic hydroxyl groups is 1. The zero-order chi connectivity index (χ0) is 18.9. The molecule has 1 aliphatic heterocycles. The average Bonchev–Trinajstić information content (AvgIpc) is 2.63. The second kappa shape index (κ2) is 8.67. The molecule has 2 fully saturated rings. The van der Waals surface area contributed by atoms with Gasteiger partial charge < -0.3 is 20.6 Å². The quantitative estimate of drug-likeness (QED) is 0.789. The summed E-state index contributed by atoms with van der Waals surface area (Å²) < 4.78 is 38.6. The third kappa shape index (κ3) is 5.06. The molecule has 5 nitrogen and oxygen atoms in total. The largest absolute Gasteiger partial charge is 0.416 e. The molecule has 3 atom stereocenters. The number of amides is 1. The van der Waals surface area contributed by atoms with Crippen LogP contribution in [-0.4, -0.2) is 54.2 Å². The number of hydrogen-bond acceptors (Lipinski definition) is 4. The Balaban J connectivity index is 0.00000261. The molecule has 1 amide bonds. The van der Waals surface area contributed by atoms with E-state index in [1.807, 2.05) is 4.90 Å². The highest BCUT2D eigenvalue weighted by molar-refractivity contribution is 5.85. The van der Waals surface area contributed by atoms with Crippen LogP contribution in [-0.2, 0) is 11.0 Å². The van der Waals surface area contributed by atoms with E-state index in [0.29, 0.717) is 51.1 Å². The molecule has 3 rings (SSSR count). The van der Waals surface area contributed by atoms with Gasteiger partial charge in [0.05, 0.1) is 11.7 Å². The first-order valence-corrected chi connectivity index (χ1v) is 8.90. The number of nitrogens with two attached hydrogens (primary N) is 1. The summed E-state index contributed by atoms with van der Waals surface area (Å²) in [5.41, 5.74) is 5.64. The van der Waals surface area contributed by atoms with E-state index in [2.05, 4.69) is 0 Å². The summed E-state index contributed by atoms with van der Waals surface area (Å²) in [5.74, 6) is -0.204. The fourth-order valence-electron chi connectivity index (χ4n) is 3.72. The maximum atomic E-state index is 12.9. The number of aliphatic hydroxyl groups excluding tert-OH is 1. The molecule has 0 spiro atoms. The average molecular weight is 408 g/mol.